The molecule has 1 aromatic heterocycles. The SMILES string of the molecule is CCN1C(C)=C(C(=O)O)C(CC)(c2cccc3nonc23)C(C(=O)O)=C1C(F)(F)F. The Morgan fingerprint density at radius 2 is 1.77 bits per heavy atom. The fourth-order valence-electron chi connectivity index (χ4n) is 4.35. The van der Waals surface area contributed by atoms with Gasteiger partial charge in [0.2, 0.25) is 0 Å². The van der Waals surface area contributed by atoms with Gasteiger partial charge in [-0.05, 0) is 42.2 Å². The highest BCUT2D eigenvalue weighted by Crippen LogP contribution is 2.53. The first-order valence-corrected chi connectivity index (χ1v) is 9.01. The number of fused-ring (bicyclic) bond motifs is 1. The van der Waals surface area contributed by atoms with E-state index in [1.54, 1.807) is 0 Å². The number of carboxylic acids is 2. The Morgan fingerprint density at radius 1 is 1.13 bits per heavy atom. The molecule has 160 valence electrons. The molecule has 0 saturated carbocycles. The third kappa shape index (κ3) is 2.84. The van der Waals surface area contributed by atoms with Crippen LogP contribution in [0.3, 0.4) is 0 Å². The lowest BCUT2D eigenvalue weighted by atomic mass is 9.63. The summed E-state index contributed by atoms with van der Waals surface area (Å²) in [5.74, 6) is -3.40. The van der Waals surface area contributed by atoms with Crippen molar-refractivity contribution in [3.8, 4) is 0 Å². The van der Waals surface area contributed by atoms with Crippen molar-refractivity contribution < 1.29 is 37.6 Å². The summed E-state index contributed by atoms with van der Waals surface area (Å²) in [5, 5.41) is 27.3. The van der Waals surface area contributed by atoms with E-state index in [0.29, 0.717) is 4.90 Å². The summed E-state index contributed by atoms with van der Waals surface area (Å²) in [6.07, 6.45) is -5.33. The maximum absolute atomic E-state index is 14.2. The molecule has 3 rings (SSSR count). The van der Waals surface area contributed by atoms with E-state index in [-0.39, 0.29) is 35.3 Å². The second-order valence-electron chi connectivity index (χ2n) is 6.73. The lowest BCUT2D eigenvalue weighted by Crippen LogP contribution is -2.49. The predicted molar refractivity (Wildman–Crippen MR) is 97.2 cm³/mol. The zero-order valence-corrected chi connectivity index (χ0v) is 16.2. The quantitative estimate of drug-likeness (QED) is 0.748. The highest BCUT2D eigenvalue weighted by Gasteiger charge is 2.57. The Kier molecular flexibility index (Phi) is 5.09. The Bertz CT molecular complexity index is 1100. The Balaban J connectivity index is 2.61. The molecule has 1 aliphatic rings. The molecule has 11 heteroatoms. The molecular weight excluding hydrogens is 407 g/mol. The van der Waals surface area contributed by atoms with Gasteiger partial charge in [-0.25, -0.2) is 14.2 Å². The van der Waals surface area contributed by atoms with Gasteiger partial charge in [0.15, 0.2) is 0 Å². The monoisotopic (exact) mass is 425 g/mol. The summed E-state index contributed by atoms with van der Waals surface area (Å²) < 4.78 is 47.2. The van der Waals surface area contributed by atoms with E-state index in [2.05, 4.69) is 14.9 Å². The molecule has 0 fully saturated rings. The fraction of sp³-hybridized carbons (Fsp3) is 0.368. The maximum atomic E-state index is 14.2. The number of alkyl halides is 3. The largest absolute Gasteiger partial charge is 0.478 e. The van der Waals surface area contributed by atoms with E-state index in [1.165, 1.54) is 39.0 Å². The van der Waals surface area contributed by atoms with Gasteiger partial charge in [0.25, 0.3) is 0 Å². The minimum atomic E-state index is -5.05. The number of nitrogens with zero attached hydrogens (tertiary/aromatic N) is 3. The van der Waals surface area contributed by atoms with Gasteiger partial charge in [-0.2, -0.15) is 13.2 Å². The molecule has 1 atom stereocenters. The number of benzene rings is 1. The molecule has 2 heterocycles. The van der Waals surface area contributed by atoms with Gasteiger partial charge in [0.1, 0.15) is 16.7 Å². The van der Waals surface area contributed by atoms with Crippen LogP contribution < -0.4 is 0 Å². The number of hydrogen-bond acceptors (Lipinski definition) is 6. The minimum Gasteiger partial charge on any atom is -0.478 e. The van der Waals surface area contributed by atoms with Crippen molar-refractivity contribution in [2.45, 2.75) is 38.8 Å². The van der Waals surface area contributed by atoms with Crippen LogP contribution in [0, 0.1) is 0 Å². The molecule has 1 aliphatic heterocycles. The molecule has 0 saturated heterocycles. The number of rotatable bonds is 5. The normalized spacial score (nSPS) is 20.3. The van der Waals surface area contributed by atoms with Gasteiger partial charge in [-0.15, -0.1) is 0 Å². The number of carboxylic acid groups (broad SMARTS) is 2. The molecule has 0 aliphatic carbocycles. The molecule has 0 bridgehead atoms. The van der Waals surface area contributed by atoms with Gasteiger partial charge in [0.05, 0.1) is 16.6 Å². The van der Waals surface area contributed by atoms with Crippen molar-refractivity contribution >= 4 is 23.0 Å². The van der Waals surface area contributed by atoms with Crippen LogP contribution in [0.5, 0.6) is 0 Å². The average Bonchev–Trinajstić information content (AvgIpc) is 3.14. The van der Waals surface area contributed by atoms with Crippen molar-refractivity contribution in [3.63, 3.8) is 0 Å². The smallest absolute Gasteiger partial charge is 0.432 e. The zero-order valence-electron chi connectivity index (χ0n) is 16.2. The maximum Gasteiger partial charge on any atom is 0.432 e. The average molecular weight is 425 g/mol. The Hall–Kier alpha value is -3.37. The highest BCUT2D eigenvalue weighted by molar-refractivity contribution is 6.02. The topological polar surface area (TPSA) is 117 Å². The molecule has 1 aromatic carbocycles. The van der Waals surface area contributed by atoms with E-state index in [9.17, 15) is 33.0 Å². The van der Waals surface area contributed by atoms with Gasteiger partial charge in [-0.1, -0.05) is 19.1 Å². The lowest BCUT2D eigenvalue weighted by Gasteiger charge is -2.45. The molecule has 0 radical (unpaired) electrons. The van der Waals surface area contributed by atoms with Crippen LogP contribution in [0.4, 0.5) is 13.2 Å². The van der Waals surface area contributed by atoms with E-state index >= 15 is 0 Å². The summed E-state index contributed by atoms with van der Waals surface area (Å²) in [6, 6.07) is 4.27. The third-order valence-electron chi connectivity index (χ3n) is 5.42. The van der Waals surface area contributed by atoms with Crippen LogP contribution in [0.15, 0.2) is 45.4 Å². The second kappa shape index (κ2) is 7.15. The van der Waals surface area contributed by atoms with Crippen LogP contribution in [-0.4, -0.2) is 50.1 Å². The fourth-order valence-corrected chi connectivity index (χ4v) is 4.35. The summed E-state index contributed by atoms with van der Waals surface area (Å²) in [5.41, 5.74) is -5.15. The molecule has 0 amide bonds. The number of allylic oxidation sites excluding steroid dienone is 2. The van der Waals surface area contributed by atoms with Crippen LogP contribution in [0.25, 0.3) is 11.0 Å². The summed E-state index contributed by atoms with van der Waals surface area (Å²) in [7, 11) is 0. The zero-order chi connectivity index (χ0) is 22.4. The number of halogens is 3. The lowest BCUT2D eigenvalue weighted by molar-refractivity contribution is -0.138. The van der Waals surface area contributed by atoms with E-state index in [4.69, 9.17) is 0 Å². The molecule has 0 spiro atoms. The van der Waals surface area contributed by atoms with Crippen molar-refractivity contribution in [2.24, 2.45) is 0 Å². The van der Waals surface area contributed by atoms with Gasteiger partial charge >= 0.3 is 18.1 Å². The molecule has 8 nitrogen and oxygen atoms in total. The van der Waals surface area contributed by atoms with Crippen LogP contribution in [0.1, 0.15) is 32.8 Å². The predicted octanol–water partition coefficient (Wildman–Crippen LogP) is 3.47. The first kappa shape index (κ1) is 21.3. The van der Waals surface area contributed by atoms with Gasteiger partial charge in [0, 0.05) is 12.2 Å². The van der Waals surface area contributed by atoms with Gasteiger partial charge < -0.3 is 15.1 Å². The van der Waals surface area contributed by atoms with Crippen molar-refractivity contribution in [3.05, 3.63) is 46.3 Å². The Labute approximate surface area is 168 Å². The highest BCUT2D eigenvalue weighted by atomic mass is 19.4. The number of carbonyl (C=O) groups is 2. The first-order valence-electron chi connectivity index (χ1n) is 9.01. The van der Waals surface area contributed by atoms with E-state index in [1.807, 2.05) is 0 Å². The van der Waals surface area contributed by atoms with Crippen LogP contribution >= 0.6 is 0 Å². The molecule has 30 heavy (non-hydrogen) atoms. The molecule has 2 N–H and O–H groups in total. The van der Waals surface area contributed by atoms with Crippen LogP contribution in [-0.2, 0) is 15.0 Å². The summed E-state index contributed by atoms with van der Waals surface area (Å²) >= 11 is 0. The van der Waals surface area contributed by atoms with E-state index < -0.39 is 40.4 Å². The minimum absolute atomic E-state index is 0.00359. The number of aliphatic carboxylic acids is 2. The summed E-state index contributed by atoms with van der Waals surface area (Å²) in [6.45, 7) is 3.78. The second-order valence-corrected chi connectivity index (χ2v) is 6.73. The first-order chi connectivity index (χ1) is 14.0. The van der Waals surface area contributed by atoms with Crippen molar-refractivity contribution in [1.29, 1.82) is 0 Å². The standard InChI is InChI=1S/C19H18F3N3O5/c1-4-18(10-7-6-8-11-14(10)24-30-23-11)12(16(26)27)9(3)25(5-2)15(19(20,21)22)13(18)17(28)29/h6-8H,4-5H2,1-3H3,(H,26,27)(H,28,29). The van der Waals surface area contributed by atoms with Crippen LogP contribution in [0.2, 0.25) is 0 Å². The molecule has 2 aromatic rings. The number of aromatic nitrogens is 2. The Morgan fingerprint density at radius 3 is 2.27 bits per heavy atom. The summed E-state index contributed by atoms with van der Waals surface area (Å²) in [4.78, 5) is 25.3. The van der Waals surface area contributed by atoms with E-state index in [0.717, 1.165) is 0 Å². The molecule has 1 unspecified atom stereocenters. The molecular formula is C19H18F3N3O5. The number of hydrogen-bond donors (Lipinski definition) is 2. The van der Waals surface area contributed by atoms with Gasteiger partial charge in [-0.3, -0.25) is 0 Å². The van der Waals surface area contributed by atoms with Crippen molar-refractivity contribution in [2.75, 3.05) is 6.54 Å². The van der Waals surface area contributed by atoms with Crippen molar-refractivity contribution in [1.82, 2.24) is 15.2 Å². The third-order valence-corrected chi connectivity index (χ3v) is 5.42.